The molecule has 1 saturated carbocycles. The fourth-order valence-electron chi connectivity index (χ4n) is 2.24. The van der Waals surface area contributed by atoms with Crippen molar-refractivity contribution < 1.29 is 9.90 Å². The zero-order chi connectivity index (χ0) is 13.4. The second-order valence-electron chi connectivity index (χ2n) is 5.10. The van der Waals surface area contributed by atoms with E-state index in [1.807, 2.05) is 17.7 Å². The van der Waals surface area contributed by atoms with Crippen LogP contribution >= 0.6 is 0 Å². The van der Waals surface area contributed by atoms with E-state index in [0.717, 1.165) is 18.4 Å². The molecular weight excluding hydrogens is 244 g/mol. The van der Waals surface area contributed by atoms with E-state index in [-0.39, 0.29) is 0 Å². The van der Waals surface area contributed by atoms with Crippen LogP contribution in [0.25, 0.3) is 11.0 Å². The molecular formula is C13H16N4O2. The van der Waals surface area contributed by atoms with E-state index >= 15 is 0 Å². The summed E-state index contributed by atoms with van der Waals surface area (Å²) in [5.74, 6) is 0.254. The summed E-state index contributed by atoms with van der Waals surface area (Å²) in [6.07, 6.45) is 6.29. The van der Waals surface area contributed by atoms with Crippen molar-refractivity contribution in [2.45, 2.75) is 25.3 Å². The first-order chi connectivity index (χ1) is 9.15. The molecule has 0 radical (unpaired) electrons. The van der Waals surface area contributed by atoms with Crippen molar-refractivity contribution in [3.8, 4) is 0 Å². The van der Waals surface area contributed by atoms with Crippen LogP contribution in [0.5, 0.6) is 0 Å². The molecule has 1 aliphatic rings. The highest BCUT2D eigenvalue weighted by Crippen LogP contribution is 2.34. The summed E-state index contributed by atoms with van der Waals surface area (Å²) in [6, 6.07) is 1.28. The summed E-state index contributed by atoms with van der Waals surface area (Å²) in [5, 5.41) is 12.3. The molecule has 0 amide bonds. The Balaban J connectivity index is 1.88. The van der Waals surface area contributed by atoms with E-state index in [9.17, 15) is 9.90 Å². The maximum absolute atomic E-state index is 11.3. The van der Waals surface area contributed by atoms with Gasteiger partial charge in [-0.15, -0.1) is 0 Å². The van der Waals surface area contributed by atoms with Gasteiger partial charge in [-0.25, -0.2) is 14.8 Å². The second-order valence-corrected chi connectivity index (χ2v) is 5.10. The lowest BCUT2D eigenvalue weighted by molar-refractivity contribution is -0.138. The number of pyridine rings is 1. The Morgan fingerprint density at radius 3 is 3.05 bits per heavy atom. The molecule has 1 atom stereocenters. The Hall–Kier alpha value is -2.11. The van der Waals surface area contributed by atoms with Gasteiger partial charge >= 0.3 is 5.97 Å². The topological polar surface area (TPSA) is 80.0 Å². The molecule has 2 aromatic heterocycles. The van der Waals surface area contributed by atoms with Gasteiger partial charge in [0.1, 0.15) is 11.6 Å². The summed E-state index contributed by atoms with van der Waals surface area (Å²) in [5.41, 5.74) is 1.65. The fraction of sp³-hybridized carbons (Fsp3) is 0.462. The summed E-state index contributed by atoms with van der Waals surface area (Å²) in [4.78, 5) is 19.8. The lowest BCUT2D eigenvalue weighted by Crippen LogP contribution is -2.30. The SMILES string of the molecule is Cn1cnc2c(NC(CC3CC3)C(=O)O)nccc21. The molecule has 6 nitrogen and oxygen atoms in total. The molecule has 1 fully saturated rings. The number of hydrogen-bond acceptors (Lipinski definition) is 4. The molecule has 2 heterocycles. The Kier molecular flexibility index (Phi) is 2.85. The average Bonchev–Trinajstić information content (AvgIpc) is 3.12. The standard InChI is InChI=1S/C13H16N4O2/c1-17-7-15-11-10(17)4-5-14-12(11)16-9(13(18)19)6-8-2-3-8/h4-5,7-9H,2-3,6H2,1H3,(H,14,16)(H,18,19). The number of nitrogens with zero attached hydrogens (tertiary/aromatic N) is 3. The normalized spacial score (nSPS) is 16.5. The quantitative estimate of drug-likeness (QED) is 0.854. The number of imidazole rings is 1. The molecule has 0 saturated heterocycles. The number of aliphatic carboxylic acids is 1. The maximum Gasteiger partial charge on any atom is 0.326 e. The van der Waals surface area contributed by atoms with E-state index in [0.29, 0.717) is 23.7 Å². The van der Waals surface area contributed by atoms with Crippen LogP contribution < -0.4 is 5.32 Å². The van der Waals surface area contributed by atoms with Crippen LogP contribution in [0.3, 0.4) is 0 Å². The third-order valence-electron chi connectivity index (χ3n) is 3.52. The number of aromatic nitrogens is 3. The van der Waals surface area contributed by atoms with Gasteiger partial charge in [-0.3, -0.25) is 0 Å². The average molecular weight is 260 g/mol. The predicted octanol–water partition coefficient (Wildman–Crippen LogP) is 1.63. The number of carbonyl (C=O) groups is 1. The monoisotopic (exact) mass is 260 g/mol. The Bertz CT molecular complexity index is 618. The molecule has 0 spiro atoms. The molecule has 1 aliphatic carbocycles. The van der Waals surface area contributed by atoms with E-state index < -0.39 is 12.0 Å². The molecule has 3 rings (SSSR count). The van der Waals surface area contributed by atoms with E-state index in [2.05, 4.69) is 15.3 Å². The number of rotatable bonds is 5. The van der Waals surface area contributed by atoms with Crippen LogP contribution in [0, 0.1) is 5.92 Å². The Morgan fingerprint density at radius 1 is 1.58 bits per heavy atom. The predicted molar refractivity (Wildman–Crippen MR) is 70.9 cm³/mol. The zero-order valence-electron chi connectivity index (χ0n) is 10.7. The highest BCUT2D eigenvalue weighted by atomic mass is 16.4. The molecule has 1 unspecified atom stereocenters. The maximum atomic E-state index is 11.3. The molecule has 0 aliphatic heterocycles. The van der Waals surface area contributed by atoms with Crippen molar-refractivity contribution >= 4 is 22.8 Å². The second kappa shape index (κ2) is 4.53. The largest absolute Gasteiger partial charge is 0.480 e. The van der Waals surface area contributed by atoms with E-state index in [1.165, 1.54) is 0 Å². The summed E-state index contributed by atoms with van der Waals surface area (Å²) in [6.45, 7) is 0. The number of aryl methyl sites for hydroxylation is 1. The lowest BCUT2D eigenvalue weighted by atomic mass is 10.1. The number of carboxylic acid groups (broad SMARTS) is 1. The number of fused-ring (bicyclic) bond motifs is 1. The van der Waals surface area contributed by atoms with Crippen LogP contribution in [-0.2, 0) is 11.8 Å². The smallest absolute Gasteiger partial charge is 0.326 e. The van der Waals surface area contributed by atoms with Gasteiger partial charge in [0, 0.05) is 13.2 Å². The first-order valence-corrected chi connectivity index (χ1v) is 6.40. The van der Waals surface area contributed by atoms with Crippen molar-refractivity contribution in [1.82, 2.24) is 14.5 Å². The third-order valence-corrected chi connectivity index (χ3v) is 3.52. The van der Waals surface area contributed by atoms with E-state index in [4.69, 9.17) is 0 Å². The minimum Gasteiger partial charge on any atom is -0.480 e. The van der Waals surface area contributed by atoms with Gasteiger partial charge in [-0.2, -0.15) is 0 Å². The molecule has 100 valence electrons. The number of nitrogens with one attached hydrogen (secondary N) is 1. The molecule has 0 aromatic carbocycles. The minimum absolute atomic E-state index is 0.538. The molecule has 2 N–H and O–H groups in total. The van der Waals surface area contributed by atoms with Gasteiger partial charge in [0.25, 0.3) is 0 Å². The summed E-state index contributed by atoms with van der Waals surface area (Å²) < 4.78 is 1.89. The molecule has 0 bridgehead atoms. The first kappa shape index (κ1) is 12.0. The highest BCUT2D eigenvalue weighted by Gasteiger charge is 2.29. The van der Waals surface area contributed by atoms with Crippen LogP contribution in [0.4, 0.5) is 5.82 Å². The van der Waals surface area contributed by atoms with Crippen molar-refractivity contribution in [3.63, 3.8) is 0 Å². The van der Waals surface area contributed by atoms with Crippen LogP contribution in [0.15, 0.2) is 18.6 Å². The van der Waals surface area contributed by atoms with Crippen molar-refractivity contribution in [2.24, 2.45) is 13.0 Å². The lowest BCUT2D eigenvalue weighted by Gasteiger charge is -2.14. The highest BCUT2D eigenvalue weighted by molar-refractivity contribution is 5.88. The Labute approximate surface area is 110 Å². The summed E-state index contributed by atoms with van der Waals surface area (Å²) >= 11 is 0. The van der Waals surface area contributed by atoms with Crippen LogP contribution in [-0.4, -0.2) is 31.7 Å². The van der Waals surface area contributed by atoms with Gasteiger partial charge in [-0.1, -0.05) is 12.8 Å². The van der Waals surface area contributed by atoms with Crippen LogP contribution in [0.1, 0.15) is 19.3 Å². The van der Waals surface area contributed by atoms with Gasteiger partial charge in [0.05, 0.1) is 11.8 Å². The number of carboxylic acids is 1. The molecule has 6 heteroatoms. The van der Waals surface area contributed by atoms with Gasteiger partial charge in [-0.05, 0) is 18.4 Å². The third kappa shape index (κ3) is 2.38. The fourth-order valence-corrected chi connectivity index (χ4v) is 2.24. The number of anilines is 1. The van der Waals surface area contributed by atoms with E-state index in [1.54, 1.807) is 12.5 Å². The van der Waals surface area contributed by atoms with Gasteiger partial charge in [0.2, 0.25) is 0 Å². The van der Waals surface area contributed by atoms with Crippen molar-refractivity contribution in [1.29, 1.82) is 0 Å². The van der Waals surface area contributed by atoms with Crippen LogP contribution in [0.2, 0.25) is 0 Å². The Morgan fingerprint density at radius 2 is 2.37 bits per heavy atom. The molecule has 2 aromatic rings. The first-order valence-electron chi connectivity index (χ1n) is 6.40. The molecule has 19 heavy (non-hydrogen) atoms. The van der Waals surface area contributed by atoms with Crippen molar-refractivity contribution in [2.75, 3.05) is 5.32 Å². The van der Waals surface area contributed by atoms with Crippen molar-refractivity contribution in [3.05, 3.63) is 18.6 Å². The van der Waals surface area contributed by atoms with Gasteiger partial charge in [0.15, 0.2) is 5.82 Å². The number of hydrogen-bond donors (Lipinski definition) is 2. The zero-order valence-corrected chi connectivity index (χ0v) is 10.7. The van der Waals surface area contributed by atoms with Gasteiger partial charge < -0.3 is 15.0 Å². The minimum atomic E-state index is -0.832. The summed E-state index contributed by atoms with van der Waals surface area (Å²) in [7, 11) is 1.90.